The summed E-state index contributed by atoms with van der Waals surface area (Å²) < 4.78 is 5.21. The van der Waals surface area contributed by atoms with Crippen molar-refractivity contribution >= 4 is 0 Å². The largest absolute Gasteiger partial charge is 0.396 e. The van der Waals surface area contributed by atoms with Crippen LogP contribution in [-0.2, 0) is 4.74 Å². The second kappa shape index (κ2) is 7.30. The van der Waals surface area contributed by atoms with Gasteiger partial charge in [-0.1, -0.05) is 0 Å². The Labute approximate surface area is 81.7 Å². The van der Waals surface area contributed by atoms with Gasteiger partial charge in [0.2, 0.25) is 0 Å². The monoisotopic (exact) mass is 189 g/mol. The normalized spacial score (nSPS) is 14.1. The van der Waals surface area contributed by atoms with Gasteiger partial charge in [0.15, 0.2) is 0 Å². The van der Waals surface area contributed by atoms with Gasteiger partial charge in [-0.15, -0.1) is 0 Å². The quantitative estimate of drug-likeness (QED) is 0.651. The third-order valence-corrected chi connectivity index (χ3v) is 2.23. The first-order valence-corrected chi connectivity index (χ1v) is 4.99. The highest BCUT2D eigenvalue weighted by molar-refractivity contribution is 4.66. The average Bonchev–Trinajstić information content (AvgIpc) is 2.11. The van der Waals surface area contributed by atoms with Gasteiger partial charge in [-0.2, -0.15) is 0 Å². The van der Waals surface area contributed by atoms with E-state index in [0.29, 0.717) is 6.04 Å². The minimum atomic E-state index is 0.265. The van der Waals surface area contributed by atoms with Crippen LogP contribution in [0.3, 0.4) is 0 Å². The number of methoxy groups -OCH3 is 1. The molecule has 13 heavy (non-hydrogen) atoms. The molecule has 0 heterocycles. The van der Waals surface area contributed by atoms with E-state index in [1.165, 1.54) is 0 Å². The van der Waals surface area contributed by atoms with Gasteiger partial charge >= 0.3 is 0 Å². The summed E-state index contributed by atoms with van der Waals surface area (Å²) in [7, 11) is 1.73. The fourth-order valence-corrected chi connectivity index (χ4v) is 1.24. The number of aliphatic hydroxyl groups excluding tert-OH is 1. The SMILES string of the molecule is COC(C)CN(CCCO)C(C)C. The second-order valence-corrected chi connectivity index (χ2v) is 3.71. The molecule has 3 nitrogen and oxygen atoms in total. The molecular weight excluding hydrogens is 166 g/mol. The molecule has 3 heteroatoms. The van der Waals surface area contributed by atoms with E-state index in [4.69, 9.17) is 9.84 Å². The van der Waals surface area contributed by atoms with Crippen molar-refractivity contribution in [2.24, 2.45) is 0 Å². The maximum atomic E-state index is 8.73. The van der Waals surface area contributed by atoms with Crippen LogP contribution >= 0.6 is 0 Å². The topological polar surface area (TPSA) is 32.7 Å². The summed E-state index contributed by atoms with van der Waals surface area (Å²) in [5, 5.41) is 8.73. The summed E-state index contributed by atoms with van der Waals surface area (Å²) in [5.41, 5.74) is 0. The van der Waals surface area contributed by atoms with Crippen molar-refractivity contribution in [1.82, 2.24) is 4.90 Å². The van der Waals surface area contributed by atoms with Crippen molar-refractivity contribution in [3.8, 4) is 0 Å². The summed E-state index contributed by atoms with van der Waals surface area (Å²) in [6, 6.07) is 0.518. The van der Waals surface area contributed by atoms with Gasteiger partial charge in [0.1, 0.15) is 0 Å². The van der Waals surface area contributed by atoms with E-state index < -0.39 is 0 Å². The van der Waals surface area contributed by atoms with Gasteiger partial charge in [0.25, 0.3) is 0 Å². The number of rotatable bonds is 7. The Hall–Kier alpha value is -0.120. The van der Waals surface area contributed by atoms with Crippen molar-refractivity contribution in [1.29, 1.82) is 0 Å². The maximum absolute atomic E-state index is 8.73. The van der Waals surface area contributed by atoms with Gasteiger partial charge in [0.05, 0.1) is 6.10 Å². The molecule has 0 saturated heterocycles. The lowest BCUT2D eigenvalue weighted by atomic mass is 10.2. The van der Waals surface area contributed by atoms with Crippen LogP contribution in [0.1, 0.15) is 27.2 Å². The molecule has 0 bridgehead atoms. The Bertz CT molecular complexity index is 117. The molecule has 1 atom stereocenters. The molecule has 0 aromatic heterocycles. The van der Waals surface area contributed by atoms with Gasteiger partial charge in [-0.3, -0.25) is 4.90 Å². The van der Waals surface area contributed by atoms with Crippen LogP contribution in [0.15, 0.2) is 0 Å². The van der Waals surface area contributed by atoms with Crippen LogP contribution in [0, 0.1) is 0 Å². The first-order valence-electron chi connectivity index (χ1n) is 4.99. The lowest BCUT2D eigenvalue weighted by Gasteiger charge is -2.28. The van der Waals surface area contributed by atoms with E-state index in [-0.39, 0.29) is 12.7 Å². The summed E-state index contributed by atoms with van der Waals surface area (Å²) >= 11 is 0. The summed E-state index contributed by atoms with van der Waals surface area (Å²) in [6.07, 6.45) is 1.11. The highest BCUT2D eigenvalue weighted by atomic mass is 16.5. The van der Waals surface area contributed by atoms with E-state index in [0.717, 1.165) is 19.5 Å². The second-order valence-electron chi connectivity index (χ2n) is 3.71. The molecular formula is C10H23NO2. The molecule has 0 spiro atoms. The van der Waals surface area contributed by atoms with Crippen LogP contribution < -0.4 is 0 Å². The van der Waals surface area contributed by atoms with Crippen LogP contribution in [0.4, 0.5) is 0 Å². The molecule has 0 saturated carbocycles. The number of hydrogen-bond acceptors (Lipinski definition) is 3. The molecule has 0 aromatic rings. The summed E-state index contributed by atoms with van der Waals surface area (Å²) in [6.45, 7) is 8.55. The van der Waals surface area contributed by atoms with E-state index in [1.807, 2.05) is 0 Å². The third kappa shape index (κ3) is 6.02. The van der Waals surface area contributed by atoms with Crippen molar-refractivity contribution < 1.29 is 9.84 Å². The molecule has 80 valence electrons. The van der Waals surface area contributed by atoms with Gasteiger partial charge in [0, 0.05) is 32.8 Å². The first-order chi connectivity index (χ1) is 6.11. The smallest absolute Gasteiger partial charge is 0.0670 e. The van der Waals surface area contributed by atoms with Crippen molar-refractivity contribution in [3.05, 3.63) is 0 Å². The third-order valence-electron chi connectivity index (χ3n) is 2.23. The Morgan fingerprint density at radius 2 is 1.92 bits per heavy atom. The van der Waals surface area contributed by atoms with Gasteiger partial charge < -0.3 is 9.84 Å². The molecule has 0 aliphatic heterocycles. The van der Waals surface area contributed by atoms with Crippen LogP contribution in [0.5, 0.6) is 0 Å². The molecule has 0 radical (unpaired) electrons. The zero-order chi connectivity index (χ0) is 10.3. The highest BCUT2D eigenvalue weighted by Gasteiger charge is 2.11. The van der Waals surface area contributed by atoms with E-state index in [2.05, 4.69) is 25.7 Å². The van der Waals surface area contributed by atoms with Crippen molar-refractivity contribution in [3.63, 3.8) is 0 Å². The fourth-order valence-electron chi connectivity index (χ4n) is 1.24. The molecule has 0 rings (SSSR count). The molecule has 1 unspecified atom stereocenters. The van der Waals surface area contributed by atoms with Crippen LogP contribution in [0.2, 0.25) is 0 Å². The Balaban J connectivity index is 3.79. The average molecular weight is 189 g/mol. The predicted molar refractivity (Wildman–Crippen MR) is 54.9 cm³/mol. The maximum Gasteiger partial charge on any atom is 0.0670 e. The minimum absolute atomic E-state index is 0.265. The van der Waals surface area contributed by atoms with E-state index in [1.54, 1.807) is 7.11 Å². The van der Waals surface area contributed by atoms with E-state index >= 15 is 0 Å². The molecule has 1 N–H and O–H groups in total. The Morgan fingerprint density at radius 1 is 1.31 bits per heavy atom. The van der Waals surface area contributed by atoms with Crippen LogP contribution in [-0.4, -0.2) is 49.0 Å². The van der Waals surface area contributed by atoms with Crippen LogP contribution in [0.25, 0.3) is 0 Å². The number of nitrogens with zero attached hydrogens (tertiary/aromatic N) is 1. The van der Waals surface area contributed by atoms with E-state index in [9.17, 15) is 0 Å². The fraction of sp³-hybridized carbons (Fsp3) is 1.00. The standard InChI is InChI=1S/C10H23NO2/c1-9(2)11(6-5-7-12)8-10(3)13-4/h9-10,12H,5-8H2,1-4H3. The molecule has 0 aliphatic rings. The zero-order valence-electron chi connectivity index (χ0n) is 9.29. The first kappa shape index (κ1) is 12.9. The summed E-state index contributed by atoms with van der Waals surface area (Å²) in [5.74, 6) is 0. The molecule has 0 fully saturated rings. The minimum Gasteiger partial charge on any atom is -0.396 e. The lowest BCUT2D eigenvalue weighted by Crippen LogP contribution is -2.38. The highest BCUT2D eigenvalue weighted by Crippen LogP contribution is 2.02. The number of hydrogen-bond donors (Lipinski definition) is 1. The predicted octanol–water partition coefficient (Wildman–Crippen LogP) is 1.11. The lowest BCUT2D eigenvalue weighted by molar-refractivity contribution is 0.0627. The Kier molecular flexibility index (Phi) is 7.23. The molecule has 0 aromatic carbocycles. The van der Waals surface area contributed by atoms with Gasteiger partial charge in [-0.05, 0) is 27.2 Å². The Morgan fingerprint density at radius 3 is 2.31 bits per heavy atom. The number of aliphatic hydroxyl groups is 1. The van der Waals surface area contributed by atoms with Gasteiger partial charge in [-0.25, -0.2) is 0 Å². The van der Waals surface area contributed by atoms with Crippen molar-refractivity contribution in [2.45, 2.75) is 39.3 Å². The zero-order valence-corrected chi connectivity index (χ0v) is 9.29. The summed E-state index contributed by atoms with van der Waals surface area (Å²) in [4.78, 5) is 2.32. The number of ether oxygens (including phenoxy) is 1. The molecule has 0 amide bonds. The van der Waals surface area contributed by atoms with Crippen molar-refractivity contribution in [2.75, 3.05) is 26.8 Å². The molecule has 0 aliphatic carbocycles.